The van der Waals surface area contributed by atoms with Crippen molar-refractivity contribution in [1.29, 1.82) is 0 Å². The number of sulfonamides is 1. The molecule has 0 bridgehead atoms. The minimum Gasteiger partial charge on any atom is -0.471 e. The number of allylic oxidation sites excluding steroid dienone is 1. The fraction of sp³-hybridized carbons (Fsp3) is 0.550. The smallest absolute Gasteiger partial charge is 0.408 e. The summed E-state index contributed by atoms with van der Waals surface area (Å²) in [6.07, 6.45) is 8.04. The standard InChI is InChI=1S/C40H50N6O8S2/c1-39(2,3)54-38(50)43-32-16-8-6-4-5-7-12-25-23-40(25,37(49)45-56(51,52)28-18-19-28)44-34(47)33-22-26(24-46(33)36(32)48)53-35-31(20-17-27-13-11-21-55-27)41-29-14-9-10-15-30(29)42-35/h7,9-15,21,25-26,28,32-33H,4-6,8,16-20,22-24H2,1-3H3,(H,43,50)(H,44,47)(H,45,49)/b12-7-/t25?,26-,32-,33+,40-/m1/s1. The first-order chi connectivity index (χ1) is 26.7. The molecule has 2 aromatic heterocycles. The molecule has 3 aromatic rings. The lowest BCUT2D eigenvalue weighted by Crippen LogP contribution is -2.58. The van der Waals surface area contributed by atoms with E-state index in [1.54, 1.807) is 32.1 Å². The Hall–Kier alpha value is -4.57. The molecule has 3 N–H and O–H groups in total. The van der Waals surface area contributed by atoms with Gasteiger partial charge < -0.3 is 25.0 Å². The summed E-state index contributed by atoms with van der Waals surface area (Å²) in [6.45, 7) is 5.19. The lowest BCUT2D eigenvalue weighted by molar-refractivity contribution is -0.141. The molecule has 4 heterocycles. The number of aryl methyl sites for hydroxylation is 2. The Morgan fingerprint density at radius 2 is 1.79 bits per heavy atom. The highest BCUT2D eigenvalue weighted by Crippen LogP contribution is 2.46. The van der Waals surface area contributed by atoms with E-state index in [1.807, 2.05) is 47.9 Å². The van der Waals surface area contributed by atoms with Crippen LogP contribution < -0.4 is 20.1 Å². The second-order valence-electron chi connectivity index (χ2n) is 16.2. The zero-order valence-corrected chi connectivity index (χ0v) is 33.6. The van der Waals surface area contributed by atoms with Crippen molar-refractivity contribution < 1.29 is 37.1 Å². The van der Waals surface area contributed by atoms with Gasteiger partial charge in [-0.1, -0.05) is 43.2 Å². The molecule has 56 heavy (non-hydrogen) atoms. The molecule has 2 saturated carbocycles. The van der Waals surface area contributed by atoms with Crippen LogP contribution in [0.2, 0.25) is 0 Å². The molecule has 2 aliphatic heterocycles. The summed E-state index contributed by atoms with van der Waals surface area (Å²) < 4.78 is 40.1. The van der Waals surface area contributed by atoms with Gasteiger partial charge in [0.1, 0.15) is 35.0 Å². The second-order valence-corrected chi connectivity index (χ2v) is 19.2. The summed E-state index contributed by atoms with van der Waals surface area (Å²) in [5, 5.41) is 7.05. The molecular formula is C40H50N6O8S2. The number of hydrogen-bond donors (Lipinski definition) is 3. The Morgan fingerprint density at radius 3 is 2.50 bits per heavy atom. The maximum Gasteiger partial charge on any atom is 0.408 e. The molecule has 14 nitrogen and oxygen atoms in total. The summed E-state index contributed by atoms with van der Waals surface area (Å²) in [4.78, 5) is 68.2. The first kappa shape index (κ1) is 39.7. The number of hydrogen-bond acceptors (Lipinski definition) is 11. The van der Waals surface area contributed by atoms with E-state index in [1.165, 1.54) is 9.78 Å². The Labute approximate surface area is 331 Å². The Bertz CT molecular complexity index is 2100. The van der Waals surface area contributed by atoms with Gasteiger partial charge in [0.15, 0.2) is 0 Å². The molecule has 0 spiro atoms. The summed E-state index contributed by atoms with van der Waals surface area (Å²) in [5.41, 5.74) is -0.324. The minimum atomic E-state index is -3.89. The number of amides is 4. The monoisotopic (exact) mass is 806 g/mol. The molecule has 16 heteroatoms. The number of fused-ring (bicyclic) bond motifs is 3. The topological polar surface area (TPSA) is 186 Å². The molecule has 300 valence electrons. The fourth-order valence-corrected chi connectivity index (χ4v) is 9.50. The zero-order valence-electron chi connectivity index (χ0n) is 32.0. The molecule has 5 atom stereocenters. The maximum atomic E-state index is 14.6. The van der Waals surface area contributed by atoms with Crippen molar-refractivity contribution in [2.24, 2.45) is 5.92 Å². The number of carbonyl (C=O) groups is 4. The van der Waals surface area contributed by atoms with Crippen molar-refractivity contribution in [3.05, 3.63) is 64.5 Å². The quantitative estimate of drug-likeness (QED) is 0.256. The van der Waals surface area contributed by atoms with Crippen LogP contribution >= 0.6 is 11.3 Å². The van der Waals surface area contributed by atoms with Gasteiger partial charge in [0.25, 0.3) is 5.91 Å². The highest BCUT2D eigenvalue weighted by Gasteiger charge is 2.62. The first-order valence-electron chi connectivity index (χ1n) is 19.5. The average molecular weight is 807 g/mol. The molecule has 2 aliphatic carbocycles. The number of para-hydroxylation sites is 2. The van der Waals surface area contributed by atoms with Crippen LogP contribution in [0.1, 0.15) is 89.1 Å². The molecular weight excluding hydrogens is 757 g/mol. The predicted molar refractivity (Wildman–Crippen MR) is 210 cm³/mol. The Balaban J connectivity index is 1.19. The molecule has 3 fully saturated rings. The van der Waals surface area contributed by atoms with Gasteiger partial charge in [-0.3, -0.25) is 19.1 Å². The van der Waals surface area contributed by atoms with Crippen LogP contribution in [-0.4, -0.2) is 88.2 Å². The lowest BCUT2D eigenvalue weighted by Gasteiger charge is -2.30. The van der Waals surface area contributed by atoms with Crippen LogP contribution in [0.3, 0.4) is 0 Å². The minimum absolute atomic E-state index is 0.0130. The van der Waals surface area contributed by atoms with Gasteiger partial charge >= 0.3 is 6.09 Å². The Kier molecular flexibility index (Phi) is 11.4. The summed E-state index contributed by atoms with van der Waals surface area (Å²) >= 11 is 1.65. The SMILES string of the molecule is CC(C)(C)OC(=O)N[C@@H]1CCCCC/C=C\C2C[C@@]2(C(=O)NS(=O)(=O)C2CC2)NC(=O)[C@@H]2C[C@@H](Oc3nc4ccccc4nc3CCc3cccs3)CN2C1=O. The van der Waals surface area contributed by atoms with Crippen molar-refractivity contribution in [2.45, 2.75) is 126 Å². The summed E-state index contributed by atoms with van der Waals surface area (Å²) in [7, 11) is -3.89. The molecule has 7 rings (SSSR count). The highest BCUT2D eigenvalue weighted by molar-refractivity contribution is 7.91. The second kappa shape index (κ2) is 16.1. The van der Waals surface area contributed by atoms with E-state index in [2.05, 4.69) is 21.4 Å². The third-order valence-electron chi connectivity index (χ3n) is 10.6. The molecule has 1 aromatic carbocycles. The highest BCUT2D eigenvalue weighted by atomic mass is 32.2. The number of benzene rings is 1. The van der Waals surface area contributed by atoms with Gasteiger partial charge in [-0.2, -0.15) is 0 Å². The largest absolute Gasteiger partial charge is 0.471 e. The van der Waals surface area contributed by atoms with Crippen LogP contribution in [0, 0.1) is 5.92 Å². The van der Waals surface area contributed by atoms with Crippen LogP contribution in [0.25, 0.3) is 11.0 Å². The van der Waals surface area contributed by atoms with Gasteiger partial charge in [-0.05, 0) is 95.7 Å². The van der Waals surface area contributed by atoms with E-state index < -0.39 is 74.3 Å². The van der Waals surface area contributed by atoms with Gasteiger partial charge in [0.2, 0.25) is 27.7 Å². The van der Waals surface area contributed by atoms with E-state index in [9.17, 15) is 27.6 Å². The van der Waals surface area contributed by atoms with Crippen LogP contribution in [-0.2, 0) is 42.0 Å². The van der Waals surface area contributed by atoms with E-state index in [0.717, 1.165) is 19.3 Å². The average Bonchev–Trinajstić information content (AvgIpc) is 4.01. The maximum absolute atomic E-state index is 14.6. The van der Waals surface area contributed by atoms with E-state index in [4.69, 9.17) is 19.4 Å². The lowest BCUT2D eigenvalue weighted by atomic mass is 10.0. The number of carbonyl (C=O) groups excluding carboxylic acids is 4. The molecule has 1 saturated heterocycles. The normalized spacial score (nSPS) is 26.5. The zero-order chi connectivity index (χ0) is 39.7. The summed E-state index contributed by atoms with van der Waals surface area (Å²) in [6, 6.07) is 9.42. The van der Waals surface area contributed by atoms with Crippen LogP contribution in [0.4, 0.5) is 4.79 Å². The molecule has 1 unspecified atom stereocenters. The summed E-state index contributed by atoms with van der Waals surface area (Å²) in [5.74, 6) is -2.01. The number of thiophene rings is 1. The van der Waals surface area contributed by atoms with Gasteiger partial charge in [0, 0.05) is 17.2 Å². The Morgan fingerprint density at radius 1 is 1.02 bits per heavy atom. The molecule has 4 amide bonds. The van der Waals surface area contributed by atoms with Crippen LogP contribution in [0.5, 0.6) is 5.88 Å². The van der Waals surface area contributed by atoms with Gasteiger partial charge in [-0.25, -0.2) is 23.2 Å². The van der Waals surface area contributed by atoms with Crippen LogP contribution in [0.15, 0.2) is 53.9 Å². The van der Waals surface area contributed by atoms with Crippen molar-refractivity contribution in [1.82, 2.24) is 30.2 Å². The fourth-order valence-electron chi connectivity index (χ4n) is 7.43. The van der Waals surface area contributed by atoms with E-state index in [0.29, 0.717) is 61.1 Å². The molecule has 0 radical (unpaired) electrons. The number of aromatic nitrogens is 2. The number of alkyl carbamates (subject to hydrolysis) is 1. The number of nitrogens with zero attached hydrogens (tertiary/aromatic N) is 3. The third-order valence-corrected chi connectivity index (χ3v) is 13.4. The van der Waals surface area contributed by atoms with Gasteiger partial charge in [-0.15, -0.1) is 11.3 Å². The predicted octanol–water partition coefficient (Wildman–Crippen LogP) is 4.72. The van der Waals surface area contributed by atoms with Crippen molar-refractivity contribution in [2.75, 3.05) is 6.54 Å². The first-order valence-corrected chi connectivity index (χ1v) is 21.9. The number of ether oxygens (including phenoxy) is 2. The van der Waals surface area contributed by atoms with Crippen molar-refractivity contribution in [3.63, 3.8) is 0 Å². The molecule has 4 aliphatic rings. The number of nitrogens with one attached hydrogen (secondary N) is 3. The van der Waals surface area contributed by atoms with Gasteiger partial charge in [0.05, 0.1) is 22.8 Å². The van der Waals surface area contributed by atoms with E-state index >= 15 is 0 Å². The third kappa shape index (κ3) is 9.34. The number of rotatable bonds is 9. The van der Waals surface area contributed by atoms with Crippen molar-refractivity contribution in [3.8, 4) is 5.88 Å². The van der Waals surface area contributed by atoms with Crippen molar-refractivity contribution >= 4 is 56.2 Å². The van der Waals surface area contributed by atoms with E-state index in [-0.39, 0.29) is 19.4 Å².